The van der Waals surface area contributed by atoms with Gasteiger partial charge in [0, 0.05) is 13.0 Å². The van der Waals surface area contributed by atoms with Crippen molar-refractivity contribution in [3.8, 4) is 0 Å². The van der Waals surface area contributed by atoms with E-state index in [0.717, 1.165) is 11.1 Å². The summed E-state index contributed by atoms with van der Waals surface area (Å²) < 4.78 is 10.0. The van der Waals surface area contributed by atoms with Gasteiger partial charge in [-0.3, -0.25) is 4.90 Å². The number of methoxy groups -OCH3 is 1. The Labute approximate surface area is 124 Å². The van der Waals surface area contributed by atoms with Crippen LogP contribution in [-0.4, -0.2) is 36.7 Å². The normalized spacial score (nSPS) is 19.6. The minimum Gasteiger partial charge on any atom is -0.467 e. The van der Waals surface area contributed by atoms with Gasteiger partial charge < -0.3 is 9.47 Å². The quantitative estimate of drug-likeness (QED) is 0.634. The van der Waals surface area contributed by atoms with Crippen LogP contribution in [0.3, 0.4) is 0 Å². The number of allylic oxidation sites excluding steroid dienone is 1. The predicted molar refractivity (Wildman–Crippen MR) is 77.5 cm³/mol. The van der Waals surface area contributed by atoms with Gasteiger partial charge in [0.25, 0.3) is 0 Å². The van der Waals surface area contributed by atoms with Crippen LogP contribution in [-0.2, 0) is 20.9 Å². The molecule has 1 atom stereocenters. The predicted octanol–water partition coefficient (Wildman–Crippen LogP) is 2.52. The Kier molecular flexibility index (Phi) is 4.98. The Morgan fingerprint density at radius 3 is 2.67 bits per heavy atom. The maximum atomic E-state index is 12.2. The number of carbonyl (C=O) groups excluding carboxylic acids is 2. The highest BCUT2D eigenvalue weighted by molar-refractivity contribution is 5.83. The molecule has 1 aliphatic heterocycles. The third kappa shape index (κ3) is 3.62. The van der Waals surface area contributed by atoms with Gasteiger partial charge in [-0.1, -0.05) is 42.0 Å². The summed E-state index contributed by atoms with van der Waals surface area (Å²) in [4.78, 5) is 25.4. The Morgan fingerprint density at radius 1 is 1.33 bits per heavy atom. The minimum atomic E-state index is -0.593. The van der Waals surface area contributed by atoms with Crippen molar-refractivity contribution in [3.05, 3.63) is 47.5 Å². The molecule has 0 unspecified atom stereocenters. The molecule has 0 radical (unpaired) electrons. The summed E-state index contributed by atoms with van der Waals surface area (Å²) in [6.07, 6.45) is 1.93. The molecule has 1 fully saturated rings. The summed E-state index contributed by atoms with van der Waals surface area (Å²) in [5, 5.41) is 0. The number of hydrogen-bond acceptors (Lipinski definition) is 4. The average molecular weight is 289 g/mol. The fourth-order valence-corrected chi connectivity index (χ4v) is 2.30. The first-order chi connectivity index (χ1) is 10.2. The van der Waals surface area contributed by atoms with Gasteiger partial charge in [0.05, 0.1) is 7.11 Å². The van der Waals surface area contributed by atoms with Crippen molar-refractivity contribution in [1.82, 2.24) is 4.90 Å². The van der Waals surface area contributed by atoms with Gasteiger partial charge >= 0.3 is 12.1 Å². The van der Waals surface area contributed by atoms with Crippen LogP contribution in [0.25, 0.3) is 0 Å². The number of esters is 1. The number of benzene rings is 1. The Hall–Kier alpha value is -2.30. The molecule has 112 valence electrons. The molecule has 5 nitrogen and oxygen atoms in total. The molecule has 0 spiro atoms. The van der Waals surface area contributed by atoms with Crippen LogP contribution in [0.2, 0.25) is 0 Å². The van der Waals surface area contributed by atoms with Crippen LogP contribution in [0, 0.1) is 0 Å². The average Bonchev–Trinajstić information content (AvgIpc) is 2.97. The summed E-state index contributed by atoms with van der Waals surface area (Å²) in [5.74, 6) is -0.413. The monoisotopic (exact) mass is 289 g/mol. The van der Waals surface area contributed by atoms with Crippen LogP contribution in [0.15, 0.2) is 42.0 Å². The summed E-state index contributed by atoms with van der Waals surface area (Å²) >= 11 is 0. The SMILES string of the molecule is C/C=C1/C[C@@H](C(=O)OC)N(C(=O)OCc2ccccc2)C1. The van der Waals surface area contributed by atoms with E-state index in [0.29, 0.717) is 13.0 Å². The van der Waals surface area contributed by atoms with Crippen molar-refractivity contribution in [3.63, 3.8) is 0 Å². The molecule has 5 heteroatoms. The highest BCUT2D eigenvalue weighted by Gasteiger charge is 2.38. The Bertz CT molecular complexity index is 538. The van der Waals surface area contributed by atoms with E-state index in [9.17, 15) is 9.59 Å². The molecule has 21 heavy (non-hydrogen) atoms. The van der Waals surface area contributed by atoms with E-state index in [1.165, 1.54) is 12.0 Å². The zero-order valence-corrected chi connectivity index (χ0v) is 12.2. The second-order valence-corrected chi connectivity index (χ2v) is 4.86. The third-order valence-electron chi connectivity index (χ3n) is 3.53. The van der Waals surface area contributed by atoms with Crippen LogP contribution in [0.5, 0.6) is 0 Å². The van der Waals surface area contributed by atoms with Crippen molar-refractivity contribution in [2.75, 3.05) is 13.7 Å². The Balaban J connectivity index is 2.01. The van der Waals surface area contributed by atoms with E-state index >= 15 is 0 Å². The highest BCUT2D eigenvalue weighted by atomic mass is 16.6. The van der Waals surface area contributed by atoms with Gasteiger partial charge in [0.15, 0.2) is 0 Å². The molecule has 1 heterocycles. The minimum absolute atomic E-state index is 0.190. The number of carbonyl (C=O) groups is 2. The van der Waals surface area contributed by atoms with Gasteiger partial charge in [-0.2, -0.15) is 0 Å². The van der Waals surface area contributed by atoms with Crippen molar-refractivity contribution in [1.29, 1.82) is 0 Å². The van der Waals surface area contributed by atoms with Crippen molar-refractivity contribution in [2.24, 2.45) is 0 Å². The van der Waals surface area contributed by atoms with Gasteiger partial charge in [0.2, 0.25) is 0 Å². The molecule has 0 aliphatic carbocycles. The van der Waals surface area contributed by atoms with Crippen LogP contribution >= 0.6 is 0 Å². The zero-order chi connectivity index (χ0) is 15.2. The van der Waals surface area contributed by atoms with Crippen LogP contribution in [0.4, 0.5) is 4.79 Å². The number of hydrogen-bond donors (Lipinski definition) is 0. The molecule has 0 N–H and O–H groups in total. The zero-order valence-electron chi connectivity index (χ0n) is 12.2. The fourth-order valence-electron chi connectivity index (χ4n) is 2.30. The second-order valence-electron chi connectivity index (χ2n) is 4.86. The number of rotatable bonds is 3. The lowest BCUT2D eigenvalue weighted by atomic mass is 10.1. The summed E-state index contributed by atoms with van der Waals surface area (Å²) in [6, 6.07) is 8.84. The molecular weight excluding hydrogens is 270 g/mol. The van der Waals surface area contributed by atoms with E-state index in [4.69, 9.17) is 9.47 Å². The number of likely N-dealkylation sites (tertiary alicyclic amines) is 1. The number of amides is 1. The Morgan fingerprint density at radius 2 is 2.05 bits per heavy atom. The summed E-state index contributed by atoms with van der Waals surface area (Å²) in [5.41, 5.74) is 1.94. The van der Waals surface area contributed by atoms with Gasteiger partial charge in [-0.15, -0.1) is 0 Å². The molecule has 1 amide bonds. The maximum Gasteiger partial charge on any atom is 0.411 e. The molecule has 0 aromatic heterocycles. The molecule has 0 saturated carbocycles. The lowest BCUT2D eigenvalue weighted by Gasteiger charge is -2.21. The van der Waals surface area contributed by atoms with E-state index in [2.05, 4.69) is 0 Å². The smallest absolute Gasteiger partial charge is 0.411 e. The molecule has 1 aliphatic rings. The third-order valence-corrected chi connectivity index (χ3v) is 3.53. The van der Waals surface area contributed by atoms with E-state index < -0.39 is 18.1 Å². The number of ether oxygens (including phenoxy) is 2. The van der Waals surface area contributed by atoms with Gasteiger partial charge in [0.1, 0.15) is 12.6 Å². The first-order valence-electron chi connectivity index (χ1n) is 6.85. The largest absolute Gasteiger partial charge is 0.467 e. The first-order valence-corrected chi connectivity index (χ1v) is 6.85. The summed E-state index contributed by atoms with van der Waals surface area (Å²) in [6.45, 7) is 2.49. The highest BCUT2D eigenvalue weighted by Crippen LogP contribution is 2.24. The lowest BCUT2D eigenvalue weighted by Crippen LogP contribution is -2.41. The summed E-state index contributed by atoms with van der Waals surface area (Å²) in [7, 11) is 1.32. The van der Waals surface area contributed by atoms with Gasteiger partial charge in [-0.05, 0) is 12.5 Å². The molecule has 1 aromatic carbocycles. The lowest BCUT2D eigenvalue weighted by molar-refractivity contribution is -0.145. The second kappa shape index (κ2) is 6.92. The maximum absolute atomic E-state index is 12.2. The standard InChI is InChI=1S/C16H19NO4/c1-3-12-9-14(15(18)20-2)17(10-12)16(19)21-11-13-7-5-4-6-8-13/h3-8,14H,9-11H2,1-2H3/b12-3-/t14-/m0/s1. The topological polar surface area (TPSA) is 55.8 Å². The number of nitrogens with zero attached hydrogens (tertiary/aromatic N) is 1. The first kappa shape index (κ1) is 15.1. The van der Waals surface area contributed by atoms with Crippen molar-refractivity contribution < 1.29 is 19.1 Å². The molecular formula is C16H19NO4. The van der Waals surface area contributed by atoms with Crippen molar-refractivity contribution >= 4 is 12.1 Å². The molecule has 1 saturated heterocycles. The van der Waals surface area contributed by atoms with Gasteiger partial charge in [-0.25, -0.2) is 9.59 Å². The molecule has 2 rings (SSSR count). The molecule has 1 aromatic rings. The van der Waals surface area contributed by atoms with E-state index in [1.54, 1.807) is 0 Å². The van der Waals surface area contributed by atoms with Crippen molar-refractivity contribution in [2.45, 2.75) is 26.0 Å². The van der Waals surface area contributed by atoms with E-state index in [1.807, 2.05) is 43.3 Å². The van der Waals surface area contributed by atoms with E-state index in [-0.39, 0.29) is 6.61 Å². The van der Waals surface area contributed by atoms with Crippen LogP contribution in [0.1, 0.15) is 18.9 Å². The van der Waals surface area contributed by atoms with Crippen LogP contribution < -0.4 is 0 Å². The molecule has 0 bridgehead atoms. The fraction of sp³-hybridized carbons (Fsp3) is 0.375.